The molecule has 0 unspecified atom stereocenters. The topological polar surface area (TPSA) is 6.48 Å². The molecule has 1 aliphatic carbocycles. The van der Waals surface area contributed by atoms with Gasteiger partial charge < -0.3 is 9.80 Å². The van der Waals surface area contributed by atoms with Crippen molar-refractivity contribution in [1.29, 1.82) is 0 Å². The molecule has 0 amide bonds. The zero-order valence-electron chi connectivity index (χ0n) is 66.3. The number of nitrogens with zero attached hydrogens (tertiary/aromatic N) is 2. The molecule has 0 saturated carbocycles. The van der Waals surface area contributed by atoms with Crippen molar-refractivity contribution in [1.82, 2.24) is 0 Å². The summed E-state index contributed by atoms with van der Waals surface area (Å²) in [5.41, 5.74) is 40.1. The SMILES string of the molecule is CC(C)(C)c1ccc2c(c1)-c1cc(C(C)(C)C)ccc1C2c1ccc2c(c1)N(c1ccc(-c3c(-c4ccccc4)cccc3-c3ccccc3)cc1)c1cc(C(C)(C)C)cc3c1B2c1ccc(-c2c4ccccc4c(-c4ccccc4)c4ccccc24)cc1N3c1ccc(-c2c(-c3ccccc3)cccc2-c2ccccc2)cc1. The minimum Gasteiger partial charge on any atom is -0.311 e. The smallest absolute Gasteiger partial charge is 0.252 e. The van der Waals surface area contributed by atoms with E-state index in [0.29, 0.717) is 0 Å². The van der Waals surface area contributed by atoms with Gasteiger partial charge in [0, 0.05) is 40.0 Å². The van der Waals surface area contributed by atoms with E-state index in [0.717, 1.165) is 28.2 Å². The predicted molar refractivity (Wildman–Crippen MR) is 488 cm³/mol. The van der Waals surface area contributed by atoms with Crippen molar-refractivity contribution in [3.8, 4) is 100 Å². The van der Waals surface area contributed by atoms with Crippen LogP contribution in [0.25, 0.3) is 122 Å². The van der Waals surface area contributed by atoms with E-state index in [1.54, 1.807) is 0 Å². The molecule has 3 heteroatoms. The van der Waals surface area contributed by atoms with E-state index in [1.165, 1.54) is 177 Å². The Labute approximate surface area is 672 Å². The molecule has 0 saturated heterocycles. The molecule has 0 atom stereocenters. The third kappa shape index (κ3) is 11.9. The van der Waals surface area contributed by atoms with Crippen LogP contribution in [-0.4, -0.2) is 6.71 Å². The molecule has 0 radical (unpaired) electrons. The minimum atomic E-state index is -0.284. The quantitative estimate of drug-likeness (QED) is 0.0941. The molecule has 0 spiro atoms. The van der Waals surface area contributed by atoms with Gasteiger partial charge in [0.15, 0.2) is 0 Å². The lowest BCUT2D eigenvalue weighted by Gasteiger charge is -2.45. The van der Waals surface area contributed by atoms with Gasteiger partial charge in [-0.25, -0.2) is 0 Å². The van der Waals surface area contributed by atoms with E-state index >= 15 is 0 Å². The Morgan fingerprint density at radius 3 is 0.930 bits per heavy atom. The van der Waals surface area contributed by atoms with Crippen molar-refractivity contribution in [2.45, 2.75) is 84.5 Å². The number of benzene rings is 17. The molecule has 20 rings (SSSR count). The van der Waals surface area contributed by atoms with Crippen LogP contribution in [0, 0.1) is 0 Å². The maximum atomic E-state index is 2.66. The van der Waals surface area contributed by atoms with Crippen molar-refractivity contribution >= 4 is 78.8 Å². The molecule has 0 aromatic heterocycles. The van der Waals surface area contributed by atoms with Crippen molar-refractivity contribution in [3.05, 3.63) is 403 Å². The van der Waals surface area contributed by atoms with Gasteiger partial charge in [0.05, 0.1) is 0 Å². The van der Waals surface area contributed by atoms with Gasteiger partial charge in [0.1, 0.15) is 0 Å². The summed E-state index contributed by atoms with van der Waals surface area (Å²) in [5, 5.41) is 4.91. The monoisotopic (exact) mass is 1460 g/mol. The second-order valence-corrected chi connectivity index (χ2v) is 34.6. The Morgan fingerprint density at radius 1 is 0.228 bits per heavy atom. The summed E-state index contributed by atoms with van der Waals surface area (Å²) >= 11 is 0. The maximum Gasteiger partial charge on any atom is 0.252 e. The summed E-state index contributed by atoms with van der Waals surface area (Å²) in [6.45, 7) is 21.1. The molecule has 0 bridgehead atoms. The minimum absolute atomic E-state index is 0.0163. The maximum absolute atomic E-state index is 2.66. The molecule has 114 heavy (non-hydrogen) atoms. The van der Waals surface area contributed by atoms with Crippen LogP contribution in [0.15, 0.2) is 370 Å². The summed E-state index contributed by atoms with van der Waals surface area (Å²) in [7, 11) is 0. The zero-order valence-corrected chi connectivity index (χ0v) is 66.3. The number of anilines is 6. The fraction of sp³-hybridized carbons (Fsp3) is 0.117. The molecule has 17 aromatic carbocycles. The van der Waals surface area contributed by atoms with Gasteiger partial charge in [0.25, 0.3) is 6.71 Å². The van der Waals surface area contributed by atoms with E-state index in [4.69, 9.17) is 0 Å². The van der Waals surface area contributed by atoms with Gasteiger partial charge in [-0.3, -0.25) is 0 Å². The Kier molecular flexibility index (Phi) is 16.8. The fourth-order valence-electron chi connectivity index (χ4n) is 18.9. The third-order valence-electron chi connectivity index (χ3n) is 24.6. The lowest BCUT2D eigenvalue weighted by atomic mass is 9.33. The lowest BCUT2D eigenvalue weighted by molar-refractivity contribution is 0.589. The van der Waals surface area contributed by atoms with Crippen molar-refractivity contribution in [2.24, 2.45) is 0 Å². The highest BCUT2D eigenvalue weighted by Gasteiger charge is 2.46. The molecule has 2 heterocycles. The van der Waals surface area contributed by atoms with Crippen LogP contribution in [-0.2, 0) is 16.2 Å². The van der Waals surface area contributed by atoms with Gasteiger partial charge >= 0.3 is 0 Å². The third-order valence-corrected chi connectivity index (χ3v) is 24.6. The Morgan fingerprint density at radius 2 is 0.553 bits per heavy atom. The Hall–Kier alpha value is -13.1. The first kappa shape index (κ1) is 70.1. The highest BCUT2D eigenvalue weighted by Crippen LogP contribution is 2.55. The summed E-state index contributed by atoms with van der Waals surface area (Å²) in [5.74, 6) is -0.0163. The van der Waals surface area contributed by atoms with Crippen molar-refractivity contribution in [2.75, 3.05) is 9.80 Å². The van der Waals surface area contributed by atoms with E-state index < -0.39 is 0 Å². The average molecular weight is 1460 g/mol. The fourth-order valence-corrected chi connectivity index (χ4v) is 18.9. The van der Waals surface area contributed by atoms with E-state index in [9.17, 15) is 0 Å². The average Bonchev–Trinajstić information content (AvgIpc) is 0.732. The predicted octanol–water partition coefficient (Wildman–Crippen LogP) is 28.5. The largest absolute Gasteiger partial charge is 0.311 e. The van der Waals surface area contributed by atoms with Gasteiger partial charge in [0.2, 0.25) is 0 Å². The van der Waals surface area contributed by atoms with Crippen LogP contribution in [0.2, 0.25) is 0 Å². The molecule has 3 aliphatic rings. The van der Waals surface area contributed by atoms with Crippen LogP contribution in [0.5, 0.6) is 0 Å². The molecule has 2 aliphatic heterocycles. The van der Waals surface area contributed by atoms with Crippen LogP contribution in [0.3, 0.4) is 0 Å². The van der Waals surface area contributed by atoms with Gasteiger partial charge in [-0.2, -0.15) is 0 Å². The summed E-state index contributed by atoms with van der Waals surface area (Å²) in [6, 6.07) is 141. The first-order chi connectivity index (χ1) is 55.5. The Bertz CT molecular complexity index is 6380. The molecular formula is C111H89BN2. The molecule has 2 nitrogen and oxygen atoms in total. The second-order valence-electron chi connectivity index (χ2n) is 34.6. The number of rotatable bonds is 11. The zero-order chi connectivity index (χ0) is 77.3. The van der Waals surface area contributed by atoms with Gasteiger partial charge in [-0.15, -0.1) is 0 Å². The summed E-state index contributed by atoms with van der Waals surface area (Å²) in [6.07, 6.45) is 0. The van der Waals surface area contributed by atoms with Gasteiger partial charge in [-0.05, 0) is 236 Å². The Balaban J connectivity index is 0.856. The van der Waals surface area contributed by atoms with Gasteiger partial charge in [-0.1, -0.05) is 384 Å². The number of hydrogen-bond acceptors (Lipinski definition) is 2. The summed E-state index contributed by atoms with van der Waals surface area (Å²) < 4.78 is 0. The molecule has 0 fully saturated rings. The normalized spacial score (nSPS) is 13.0. The van der Waals surface area contributed by atoms with E-state index in [-0.39, 0.29) is 28.9 Å². The molecule has 546 valence electrons. The molecule has 17 aromatic rings. The highest BCUT2D eigenvalue weighted by molar-refractivity contribution is 7.00. The molecular weight excluding hydrogens is 1370 g/mol. The highest BCUT2D eigenvalue weighted by atomic mass is 15.2. The molecule has 0 N–H and O–H groups in total. The second kappa shape index (κ2) is 27.4. The first-order valence-corrected chi connectivity index (χ1v) is 40.5. The van der Waals surface area contributed by atoms with Crippen molar-refractivity contribution in [3.63, 3.8) is 0 Å². The number of hydrogen-bond donors (Lipinski definition) is 0. The van der Waals surface area contributed by atoms with E-state index in [1.807, 2.05) is 0 Å². The number of fused-ring (bicyclic) bond motifs is 9. The van der Waals surface area contributed by atoms with Crippen LogP contribution < -0.4 is 26.2 Å². The van der Waals surface area contributed by atoms with E-state index in [2.05, 4.69) is 442 Å². The van der Waals surface area contributed by atoms with Crippen LogP contribution in [0.1, 0.15) is 102 Å². The lowest BCUT2D eigenvalue weighted by Crippen LogP contribution is -2.61. The van der Waals surface area contributed by atoms with Crippen LogP contribution >= 0.6 is 0 Å². The van der Waals surface area contributed by atoms with Crippen molar-refractivity contribution < 1.29 is 0 Å². The standard InChI is InChI=1S/C111H89BN2/c1-109(2,3)80-55-61-93-95(67-80)96-68-81(110(4,5)6)56-62-94(96)107(93)79-54-64-98-100(66-79)114(84-59-51-77(52-60-84)104-87(73-35-19-12-20-36-73)47-30-48-88(104)74-37-21-13-22-38-74)102-70-82(111(7,8)9)69-101-108(102)112(98)97-63-53-78(106-91-43-27-25-41-89(91)105(75-39-23-14-24-40-75)90-42-26-28-44-92(90)106)65-99(97)113(101)83-57-49-76(50-58-83)103-85(71-31-15-10-16-32-71)45-29-46-86(103)72-33-17-11-18-34-72/h10-70,107H,1-9H3. The summed E-state index contributed by atoms with van der Waals surface area (Å²) in [4.78, 5) is 5.31. The first-order valence-electron chi connectivity index (χ1n) is 40.5. The van der Waals surface area contributed by atoms with Crippen LogP contribution in [0.4, 0.5) is 34.1 Å².